The van der Waals surface area contributed by atoms with Crippen LogP contribution in [0.1, 0.15) is 11.5 Å². The third-order valence-corrected chi connectivity index (χ3v) is 4.48. The molecule has 4 aromatic heterocycles. The second-order valence-corrected chi connectivity index (χ2v) is 6.42. The van der Waals surface area contributed by atoms with E-state index in [0.29, 0.717) is 18.0 Å². The number of aryl methyl sites for hydroxylation is 1. The number of aromatic nitrogens is 6. The Labute approximate surface area is 160 Å². The molecule has 0 aliphatic heterocycles. The Hall–Kier alpha value is -3.87. The molecule has 0 bridgehead atoms. The van der Waals surface area contributed by atoms with Crippen LogP contribution < -0.4 is 0 Å². The van der Waals surface area contributed by atoms with Gasteiger partial charge in [-0.3, -0.25) is 4.98 Å². The van der Waals surface area contributed by atoms with Crippen LogP contribution in [0.15, 0.2) is 71.6 Å². The third kappa shape index (κ3) is 2.92. The third-order valence-electron chi connectivity index (χ3n) is 4.48. The molecule has 0 atom stereocenters. The molecule has 0 unspecified atom stereocenters. The van der Waals surface area contributed by atoms with E-state index in [1.807, 2.05) is 66.2 Å². The number of nitrogens with zero attached hydrogens (tertiary/aromatic N) is 6. The van der Waals surface area contributed by atoms with Gasteiger partial charge in [-0.2, -0.15) is 0 Å². The van der Waals surface area contributed by atoms with Crippen LogP contribution >= 0.6 is 0 Å². The van der Waals surface area contributed by atoms with Crippen molar-refractivity contribution in [3.8, 4) is 22.9 Å². The lowest BCUT2D eigenvalue weighted by Crippen LogP contribution is -2.04. The number of benzene rings is 1. The summed E-state index contributed by atoms with van der Waals surface area (Å²) < 4.78 is 7.49. The molecule has 136 valence electrons. The average molecular weight is 368 g/mol. The van der Waals surface area contributed by atoms with Gasteiger partial charge in [0, 0.05) is 24.7 Å². The highest BCUT2D eigenvalue weighted by Crippen LogP contribution is 2.23. The molecule has 7 nitrogen and oxygen atoms in total. The quantitative estimate of drug-likeness (QED) is 0.478. The van der Waals surface area contributed by atoms with Crippen molar-refractivity contribution >= 4 is 11.0 Å². The SMILES string of the molecule is Cc1nc2ccccc2nc1-c1nccn1Cc1cc(-c2ccccn2)no1. The molecule has 5 aromatic rings. The van der Waals surface area contributed by atoms with Gasteiger partial charge in [0.05, 0.1) is 29.0 Å². The molecule has 0 radical (unpaired) electrons. The van der Waals surface area contributed by atoms with E-state index in [4.69, 9.17) is 9.51 Å². The van der Waals surface area contributed by atoms with Gasteiger partial charge in [-0.25, -0.2) is 15.0 Å². The van der Waals surface area contributed by atoms with Crippen LogP contribution in [0.2, 0.25) is 0 Å². The molecule has 5 rings (SSSR count). The van der Waals surface area contributed by atoms with Crippen molar-refractivity contribution in [2.75, 3.05) is 0 Å². The number of hydrogen-bond donors (Lipinski definition) is 0. The second-order valence-electron chi connectivity index (χ2n) is 6.42. The minimum Gasteiger partial charge on any atom is -0.359 e. The Morgan fingerprint density at radius 3 is 2.54 bits per heavy atom. The number of fused-ring (bicyclic) bond motifs is 1. The van der Waals surface area contributed by atoms with Crippen molar-refractivity contribution in [2.24, 2.45) is 0 Å². The molecule has 0 aliphatic carbocycles. The molecule has 1 aromatic carbocycles. The number of rotatable bonds is 4. The van der Waals surface area contributed by atoms with E-state index in [0.717, 1.165) is 33.9 Å². The van der Waals surface area contributed by atoms with E-state index in [1.165, 1.54) is 0 Å². The zero-order valence-electron chi connectivity index (χ0n) is 15.1. The normalized spacial score (nSPS) is 11.2. The number of imidazole rings is 1. The molecule has 0 saturated heterocycles. The van der Waals surface area contributed by atoms with E-state index in [1.54, 1.807) is 12.4 Å². The summed E-state index contributed by atoms with van der Waals surface area (Å²) in [5.41, 5.74) is 4.79. The lowest BCUT2D eigenvalue weighted by atomic mass is 10.2. The van der Waals surface area contributed by atoms with Crippen molar-refractivity contribution < 1.29 is 4.52 Å². The molecule has 0 spiro atoms. The van der Waals surface area contributed by atoms with E-state index in [2.05, 4.69) is 20.1 Å². The Morgan fingerprint density at radius 2 is 1.71 bits per heavy atom. The van der Waals surface area contributed by atoms with Crippen LogP contribution in [0, 0.1) is 6.92 Å². The summed E-state index contributed by atoms with van der Waals surface area (Å²) in [5, 5.41) is 4.13. The maximum absolute atomic E-state index is 5.51. The molecular formula is C21H16N6O. The van der Waals surface area contributed by atoms with E-state index in [9.17, 15) is 0 Å². The summed E-state index contributed by atoms with van der Waals surface area (Å²) in [4.78, 5) is 18.2. The van der Waals surface area contributed by atoms with E-state index < -0.39 is 0 Å². The minimum absolute atomic E-state index is 0.489. The maximum atomic E-state index is 5.51. The van der Waals surface area contributed by atoms with E-state index in [-0.39, 0.29) is 0 Å². The summed E-state index contributed by atoms with van der Waals surface area (Å²) in [6, 6.07) is 15.4. The Bertz CT molecular complexity index is 1260. The Balaban J connectivity index is 1.49. The predicted octanol–water partition coefficient (Wildman–Crippen LogP) is 3.90. The van der Waals surface area contributed by atoms with Crippen molar-refractivity contribution in [3.63, 3.8) is 0 Å². The summed E-state index contributed by atoms with van der Waals surface area (Å²) >= 11 is 0. The first-order valence-corrected chi connectivity index (χ1v) is 8.90. The number of hydrogen-bond acceptors (Lipinski definition) is 6. The molecule has 28 heavy (non-hydrogen) atoms. The van der Waals surface area contributed by atoms with Crippen molar-refractivity contribution in [1.29, 1.82) is 0 Å². The van der Waals surface area contributed by atoms with Crippen molar-refractivity contribution in [3.05, 3.63) is 78.6 Å². The molecule has 0 N–H and O–H groups in total. The highest BCUT2D eigenvalue weighted by Gasteiger charge is 2.15. The lowest BCUT2D eigenvalue weighted by Gasteiger charge is -2.08. The number of pyridine rings is 1. The second kappa shape index (κ2) is 6.70. The fourth-order valence-corrected chi connectivity index (χ4v) is 3.14. The fraction of sp³-hybridized carbons (Fsp3) is 0.0952. The smallest absolute Gasteiger partial charge is 0.160 e. The molecule has 0 aliphatic rings. The molecule has 0 fully saturated rings. The standard InChI is InChI=1S/C21H16N6O/c1-14-20(25-18-8-3-2-7-17(18)24-14)21-23-10-11-27(21)13-15-12-19(26-28-15)16-6-4-5-9-22-16/h2-12H,13H2,1H3. The van der Waals surface area contributed by atoms with Crippen LogP contribution in [0.5, 0.6) is 0 Å². The number of para-hydroxylation sites is 2. The molecule has 0 saturated carbocycles. The lowest BCUT2D eigenvalue weighted by molar-refractivity contribution is 0.378. The monoisotopic (exact) mass is 368 g/mol. The molecule has 4 heterocycles. The summed E-state index contributed by atoms with van der Waals surface area (Å²) in [6.45, 7) is 2.44. The Morgan fingerprint density at radius 1 is 0.893 bits per heavy atom. The largest absolute Gasteiger partial charge is 0.359 e. The first-order chi connectivity index (χ1) is 13.8. The summed E-state index contributed by atoms with van der Waals surface area (Å²) in [7, 11) is 0. The zero-order chi connectivity index (χ0) is 18.9. The van der Waals surface area contributed by atoms with Crippen LogP contribution in [0.25, 0.3) is 33.9 Å². The summed E-state index contributed by atoms with van der Waals surface area (Å²) in [5.74, 6) is 1.46. The highest BCUT2D eigenvalue weighted by molar-refractivity contribution is 5.77. The Kier molecular flexibility index (Phi) is 3.90. The highest BCUT2D eigenvalue weighted by atomic mass is 16.5. The van der Waals surface area contributed by atoms with Crippen LogP contribution in [-0.4, -0.2) is 29.7 Å². The van der Waals surface area contributed by atoms with Crippen molar-refractivity contribution in [2.45, 2.75) is 13.5 Å². The van der Waals surface area contributed by atoms with Crippen LogP contribution in [-0.2, 0) is 6.54 Å². The van der Waals surface area contributed by atoms with Gasteiger partial charge in [-0.1, -0.05) is 23.4 Å². The minimum atomic E-state index is 0.489. The molecule has 7 heteroatoms. The molecule has 0 amide bonds. The van der Waals surface area contributed by atoms with E-state index >= 15 is 0 Å². The average Bonchev–Trinajstić information content (AvgIpc) is 3.38. The first-order valence-electron chi connectivity index (χ1n) is 8.90. The van der Waals surface area contributed by atoms with Gasteiger partial charge in [0.1, 0.15) is 11.4 Å². The van der Waals surface area contributed by atoms with Crippen LogP contribution in [0.3, 0.4) is 0 Å². The summed E-state index contributed by atoms with van der Waals surface area (Å²) in [6.07, 6.45) is 5.38. The van der Waals surface area contributed by atoms with Crippen molar-refractivity contribution in [1.82, 2.24) is 29.7 Å². The molecular weight excluding hydrogens is 352 g/mol. The van der Waals surface area contributed by atoms with Crippen LogP contribution in [0.4, 0.5) is 0 Å². The van der Waals surface area contributed by atoms with Gasteiger partial charge < -0.3 is 9.09 Å². The van der Waals surface area contributed by atoms with Gasteiger partial charge in [0.15, 0.2) is 11.6 Å². The van der Waals surface area contributed by atoms with Gasteiger partial charge in [0.2, 0.25) is 0 Å². The first kappa shape index (κ1) is 16.3. The zero-order valence-corrected chi connectivity index (χ0v) is 15.1. The van der Waals surface area contributed by atoms with Gasteiger partial charge in [-0.05, 0) is 31.2 Å². The van der Waals surface area contributed by atoms with Gasteiger partial charge in [-0.15, -0.1) is 0 Å². The van der Waals surface area contributed by atoms with Gasteiger partial charge in [0.25, 0.3) is 0 Å². The maximum Gasteiger partial charge on any atom is 0.160 e. The predicted molar refractivity (Wildman–Crippen MR) is 104 cm³/mol. The fourth-order valence-electron chi connectivity index (χ4n) is 3.14. The van der Waals surface area contributed by atoms with Gasteiger partial charge >= 0.3 is 0 Å². The topological polar surface area (TPSA) is 82.5 Å².